The number of nitrogens with zero attached hydrogens (tertiary/aromatic N) is 3. The number of aromatic nitrogens is 3. The lowest BCUT2D eigenvalue weighted by atomic mass is 10.1. The van der Waals surface area contributed by atoms with Crippen LogP contribution in [0.5, 0.6) is 0 Å². The lowest BCUT2D eigenvalue weighted by Gasteiger charge is -2.08. The first kappa shape index (κ1) is 17.2. The molecule has 5 nitrogen and oxygen atoms in total. The third kappa shape index (κ3) is 4.70. The van der Waals surface area contributed by atoms with Crippen LogP contribution in [-0.4, -0.2) is 33.0 Å². The molecule has 0 aliphatic rings. The number of para-hydroxylation sites is 1. The Morgan fingerprint density at radius 3 is 2.68 bits per heavy atom. The minimum atomic E-state index is 0.00111. The molecule has 0 fully saturated rings. The maximum Gasteiger partial charge on any atom is 0.230 e. The molecule has 1 N–H and O–H groups in total. The van der Waals surface area contributed by atoms with Crippen LogP contribution in [0.1, 0.15) is 11.1 Å². The van der Waals surface area contributed by atoms with Gasteiger partial charge in [0.15, 0.2) is 5.16 Å². The number of amides is 1. The second-order valence-corrected chi connectivity index (χ2v) is 6.58. The molecule has 1 amide bonds. The predicted molar refractivity (Wildman–Crippen MR) is 100.0 cm³/mol. The topological polar surface area (TPSA) is 59.8 Å². The maximum absolute atomic E-state index is 12.1. The summed E-state index contributed by atoms with van der Waals surface area (Å²) in [6, 6.07) is 18.1. The van der Waals surface area contributed by atoms with Gasteiger partial charge in [-0.15, -0.1) is 10.2 Å². The highest BCUT2D eigenvalue weighted by Crippen LogP contribution is 2.18. The molecule has 0 saturated heterocycles. The molecule has 128 valence electrons. The number of hydrogen-bond acceptors (Lipinski definition) is 4. The van der Waals surface area contributed by atoms with Gasteiger partial charge in [-0.25, -0.2) is 0 Å². The fourth-order valence-corrected chi connectivity index (χ4v) is 3.26. The Morgan fingerprint density at radius 2 is 1.88 bits per heavy atom. The van der Waals surface area contributed by atoms with Crippen LogP contribution in [0.15, 0.2) is 66.1 Å². The maximum atomic E-state index is 12.1. The molecule has 0 unspecified atom stereocenters. The van der Waals surface area contributed by atoms with E-state index < -0.39 is 0 Å². The zero-order chi connectivity index (χ0) is 17.5. The van der Waals surface area contributed by atoms with E-state index >= 15 is 0 Å². The third-order valence-corrected chi connectivity index (χ3v) is 4.80. The van der Waals surface area contributed by atoms with Crippen molar-refractivity contribution in [1.29, 1.82) is 0 Å². The Labute approximate surface area is 151 Å². The van der Waals surface area contributed by atoms with Gasteiger partial charge in [0.2, 0.25) is 5.91 Å². The fraction of sp³-hybridized carbons (Fsp3) is 0.211. The smallest absolute Gasteiger partial charge is 0.230 e. The largest absolute Gasteiger partial charge is 0.355 e. The van der Waals surface area contributed by atoms with E-state index in [-0.39, 0.29) is 5.91 Å². The van der Waals surface area contributed by atoms with Crippen molar-refractivity contribution in [3.05, 3.63) is 72.1 Å². The van der Waals surface area contributed by atoms with E-state index in [0.717, 1.165) is 12.1 Å². The number of aryl methyl sites for hydroxylation is 1. The lowest BCUT2D eigenvalue weighted by Crippen LogP contribution is -2.27. The van der Waals surface area contributed by atoms with E-state index in [1.165, 1.54) is 22.9 Å². The van der Waals surface area contributed by atoms with E-state index in [0.29, 0.717) is 17.5 Å². The molecule has 0 saturated carbocycles. The van der Waals surface area contributed by atoms with Crippen molar-refractivity contribution in [1.82, 2.24) is 20.1 Å². The van der Waals surface area contributed by atoms with Crippen molar-refractivity contribution in [2.45, 2.75) is 18.5 Å². The van der Waals surface area contributed by atoms with Crippen LogP contribution in [0, 0.1) is 6.92 Å². The lowest BCUT2D eigenvalue weighted by molar-refractivity contribution is -0.118. The number of rotatable bonds is 7. The van der Waals surface area contributed by atoms with Crippen molar-refractivity contribution >= 4 is 17.7 Å². The summed E-state index contributed by atoms with van der Waals surface area (Å²) in [6.45, 7) is 2.72. The predicted octanol–water partition coefficient (Wildman–Crippen LogP) is 3.03. The molecule has 2 aromatic carbocycles. The SMILES string of the molecule is Cc1ccccc1CCNC(=O)CSc1nncn1-c1ccccc1. The summed E-state index contributed by atoms with van der Waals surface area (Å²) in [6.07, 6.45) is 2.50. The van der Waals surface area contributed by atoms with Crippen molar-refractivity contribution in [3.63, 3.8) is 0 Å². The molecule has 0 aliphatic heterocycles. The van der Waals surface area contributed by atoms with E-state index in [9.17, 15) is 4.79 Å². The zero-order valence-electron chi connectivity index (χ0n) is 14.1. The summed E-state index contributed by atoms with van der Waals surface area (Å²) in [4.78, 5) is 12.1. The molecule has 3 rings (SSSR count). The molecule has 1 aromatic heterocycles. The van der Waals surface area contributed by atoms with Crippen molar-refractivity contribution in [2.24, 2.45) is 0 Å². The minimum Gasteiger partial charge on any atom is -0.355 e. The summed E-state index contributed by atoms with van der Waals surface area (Å²) in [5.74, 6) is 0.320. The molecule has 0 atom stereocenters. The second kappa shape index (κ2) is 8.48. The Bertz CT molecular complexity index is 832. The number of carbonyl (C=O) groups excluding carboxylic acids is 1. The quantitative estimate of drug-likeness (QED) is 0.664. The Morgan fingerprint density at radius 1 is 1.12 bits per heavy atom. The number of benzene rings is 2. The Hall–Kier alpha value is -2.60. The van der Waals surface area contributed by atoms with Crippen LogP contribution in [0.2, 0.25) is 0 Å². The van der Waals surface area contributed by atoms with Gasteiger partial charge in [0.1, 0.15) is 6.33 Å². The summed E-state index contributed by atoms with van der Waals surface area (Å²) in [5.41, 5.74) is 3.50. The van der Waals surface area contributed by atoms with Gasteiger partial charge >= 0.3 is 0 Å². The van der Waals surface area contributed by atoms with Gasteiger partial charge in [-0.3, -0.25) is 9.36 Å². The van der Waals surface area contributed by atoms with Gasteiger partial charge in [0.05, 0.1) is 5.75 Å². The van der Waals surface area contributed by atoms with Crippen LogP contribution >= 0.6 is 11.8 Å². The zero-order valence-corrected chi connectivity index (χ0v) is 14.9. The van der Waals surface area contributed by atoms with Gasteiger partial charge in [0.25, 0.3) is 0 Å². The van der Waals surface area contributed by atoms with E-state index in [2.05, 4.69) is 34.6 Å². The number of hydrogen-bond donors (Lipinski definition) is 1. The first-order chi connectivity index (χ1) is 12.2. The van der Waals surface area contributed by atoms with Crippen LogP contribution in [-0.2, 0) is 11.2 Å². The van der Waals surface area contributed by atoms with E-state index in [4.69, 9.17) is 0 Å². The highest BCUT2D eigenvalue weighted by molar-refractivity contribution is 7.99. The standard InChI is InChI=1S/C19H20N4OS/c1-15-7-5-6-8-16(15)11-12-20-18(24)13-25-19-22-21-14-23(19)17-9-3-2-4-10-17/h2-10,14H,11-13H2,1H3,(H,20,24). The van der Waals surface area contributed by atoms with Gasteiger partial charge in [-0.05, 0) is 36.6 Å². The van der Waals surface area contributed by atoms with Crippen LogP contribution in [0.3, 0.4) is 0 Å². The average Bonchev–Trinajstić information content (AvgIpc) is 3.11. The van der Waals surface area contributed by atoms with Gasteiger partial charge in [0, 0.05) is 12.2 Å². The van der Waals surface area contributed by atoms with Crippen molar-refractivity contribution < 1.29 is 4.79 Å². The number of carbonyl (C=O) groups is 1. The summed E-state index contributed by atoms with van der Waals surface area (Å²) >= 11 is 1.38. The van der Waals surface area contributed by atoms with Gasteiger partial charge in [-0.2, -0.15) is 0 Å². The monoisotopic (exact) mass is 352 g/mol. The van der Waals surface area contributed by atoms with Crippen LogP contribution in [0.4, 0.5) is 0 Å². The number of nitrogens with one attached hydrogen (secondary N) is 1. The van der Waals surface area contributed by atoms with Crippen LogP contribution in [0.25, 0.3) is 5.69 Å². The molecule has 0 aliphatic carbocycles. The highest BCUT2D eigenvalue weighted by atomic mass is 32.2. The molecule has 1 heterocycles. The highest BCUT2D eigenvalue weighted by Gasteiger charge is 2.10. The molecule has 0 radical (unpaired) electrons. The van der Waals surface area contributed by atoms with E-state index in [1.807, 2.05) is 47.0 Å². The van der Waals surface area contributed by atoms with E-state index in [1.54, 1.807) is 6.33 Å². The minimum absolute atomic E-state index is 0.00111. The number of thioether (sulfide) groups is 1. The Balaban J connectivity index is 1.49. The third-order valence-electron chi connectivity index (χ3n) is 3.86. The second-order valence-electron chi connectivity index (χ2n) is 5.63. The molecule has 25 heavy (non-hydrogen) atoms. The molecular formula is C19H20N4OS. The van der Waals surface area contributed by atoms with Crippen LogP contribution < -0.4 is 5.32 Å². The summed E-state index contributed by atoms with van der Waals surface area (Å²) in [7, 11) is 0. The fourth-order valence-electron chi connectivity index (χ4n) is 2.50. The van der Waals surface area contributed by atoms with Gasteiger partial charge < -0.3 is 5.32 Å². The summed E-state index contributed by atoms with van der Waals surface area (Å²) < 4.78 is 1.88. The molecule has 0 bridgehead atoms. The molecule has 0 spiro atoms. The van der Waals surface area contributed by atoms with Crippen molar-refractivity contribution in [3.8, 4) is 5.69 Å². The average molecular weight is 352 g/mol. The first-order valence-corrected chi connectivity index (χ1v) is 9.12. The normalized spacial score (nSPS) is 10.6. The molecule has 6 heteroatoms. The Kier molecular flexibility index (Phi) is 5.85. The van der Waals surface area contributed by atoms with Crippen molar-refractivity contribution in [2.75, 3.05) is 12.3 Å². The first-order valence-electron chi connectivity index (χ1n) is 8.13. The summed E-state index contributed by atoms with van der Waals surface area (Å²) in [5, 5.41) is 11.7. The molecular weight excluding hydrogens is 332 g/mol. The van der Waals surface area contributed by atoms with Gasteiger partial charge in [-0.1, -0.05) is 54.2 Å². The molecule has 3 aromatic rings.